The number of ether oxygens (including phenoxy) is 1. The highest BCUT2D eigenvalue weighted by molar-refractivity contribution is 7.17. The number of carbonyl (C=O) groups is 1. The van der Waals surface area contributed by atoms with Gasteiger partial charge in [0, 0.05) is 17.5 Å². The summed E-state index contributed by atoms with van der Waals surface area (Å²) in [7, 11) is 0. The second-order valence-corrected chi connectivity index (χ2v) is 7.90. The first-order valence-corrected chi connectivity index (χ1v) is 10.6. The van der Waals surface area contributed by atoms with Crippen molar-refractivity contribution in [3.05, 3.63) is 76.6 Å². The van der Waals surface area contributed by atoms with E-state index < -0.39 is 11.8 Å². The fourth-order valence-corrected chi connectivity index (χ4v) is 3.99. The van der Waals surface area contributed by atoms with Crippen LogP contribution in [0, 0.1) is 12.7 Å². The van der Waals surface area contributed by atoms with Crippen molar-refractivity contribution in [2.75, 3.05) is 0 Å². The minimum atomic E-state index is -0.482. The molecule has 0 aliphatic carbocycles. The lowest BCUT2D eigenvalue weighted by Crippen LogP contribution is -2.05. The Morgan fingerprint density at radius 1 is 1.23 bits per heavy atom. The van der Waals surface area contributed by atoms with Crippen LogP contribution in [0.4, 0.5) is 4.39 Å². The molecule has 0 amide bonds. The van der Waals surface area contributed by atoms with Crippen molar-refractivity contribution in [2.45, 2.75) is 33.3 Å². The lowest BCUT2D eigenvalue weighted by molar-refractivity contribution is 0.0472. The summed E-state index contributed by atoms with van der Waals surface area (Å²) in [5, 5.41) is 8.60. The summed E-state index contributed by atoms with van der Waals surface area (Å²) >= 11 is 1.28. The Morgan fingerprint density at radius 2 is 2.06 bits per heavy atom. The van der Waals surface area contributed by atoms with Gasteiger partial charge in [-0.3, -0.25) is 4.98 Å². The van der Waals surface area contributed by atoms with Crippen molar-refractivity contribution in [1.82, 2.24) is 25.0 Å². The first-order valence-electron chi connectivity index (χ1n) is 9.81. The number of halogens is 1. The number of para-hydroxylation sites is 1. The minimum absolute atomic E-state index is 0.0735. The molecule has 0 aliphatic heterocycles. The van der Waals surface area contributed by atoms with E-state index in [4.69, 9.17) is 4.74 Å². The second kappa shape index (κ2) is 9.13. The van der Waals surface area contributed by atoms with E-state index in [0.717, 1.165) is 29.1 Å². The molecule has 0 saturated heterocycles. The van der Waals surface area contributed by atoms with E-state index in [-0.39, 0.29) is 12.3 Å². The Labute approximate surface area is 182 Å². The third-order valence-electron chi connectivity index (χ3n) is 4.54. The van der Waals surface area contributed by atoms with Crippen molar-refractivity contribution in [2.24, 2.45) is 0 Å². The van der Waals surface area contributed by atoms with Gasteiger partial charge in [-0.15, -0.1) is 16.4 Å². The minimum Gasteiger partial charge on any atom is -0.455 e. The van der Waals surface area contributed by atoms with E-state index in [1.807, 2.05) is 12.1 Å². The van der Waals surface area contributed by atoms with Gasteiger partial charge in [0.05, 0.1) is 11.9 Å². The third-order valence-corrected chi connectivity index (χ3v) is 5.73. The van der Waals surface area contributed by atoms with E-state index >= 15 is 0 Å². The summed E-state index contributed by atoms with van der Waals surface area (Å²) in [5.74, 6) is -0.897. The predicted octanol–water partition coefficient (Wildman–Crippen LogP) is 4.54. The highest BCUT2D eigenvalue weighted by atomic mass is 32.1. The average molecular weight is 438 g/mol. The van der Waals surface area contributed by atoms with Gasteiger partial charge in [-0.1, -0.05) is 30.7 Å². The van der Waals surface area contributed by atoms with Crippen molar-refractivity contribution >= 4 is 17.3 Å². The van der Waals surface area contributed by atoms with Gasteiger partial charge in [-0.05, 0) is 37.6 Å². The summed E-state index contributed by atoms with van der Waals surface area (Å²) in [4.78, 5) is 21.9. The molecule has 0 spiro atoms. The van der Waals surface area contributed by atoms with Gasteiger partial charge in [0.25, 0.3) is 0 Å². The number of esters is 1. The highest BCUT2D eigenvalue weighted by Crippen LogP contribution is 2.29. The number of hydrogen-bond acceptors (Lipinski definition) is 7. The quantitative estimate of drug-likeness (QED) is 0.395. The number of thiazole rings is 1. The Hall–Kier alpha value is -3.46. The van der Waals surface area contributed by atoms with E-state index in [1.165, 1.54) is 28.3 Å². The molecular weight excluding hydrogens is 417 g/mol. The van der Waals surface area contributed by atoms with Crippen LogP contribution in [0.5, 0.6) is 0 Å². The number of aromatic nitrogens is 5. The normalized spacial score (nSPS) is 10.9. The predicted molar refractivity (Wildman–Crippen MR) is 115 cm³/mol. The molecular formula is C22H20FN5O2S. The Bertz CT molecular complexity index is 1220. The second-order valence-electron chi connectivity index (χ2n) is 6.90. The van der Waals surface area contributed by atoms with Gasteiger partial charge in [0.15, 0.2) is 0 Å². The lowest BCUT2D eigenvalue weighted by Gasteiger charge is -2.01. The molecule has 3 heterocycles. The monoisotopic (exact) mass is 437 g/mol. The van der Waals surface area contributed by atoms with E-state index in [1.54, 1.807) is 31.3 Å². The molecule has 7 nitrogen and oxygen atoms in total. The smallest absolute Gasteiger partial charge is 0.350 e. The molecule has 0 saturated carbocycles. The maximum absolute atomic E-state index is 13.9. The summed E-state index contributed by atoms with van der Waals surface area (Å²) in [6.45, 7) is 3.81. The molecule has 3 aromatic heterocycles. The topological polar surface area (TPSA) is 82.8 Å². The highest BCUT2D eigenvalue weighted by Gasteiger charge is 2.19. The van der Waals surface area contributed by atoms with Gasteiger partial charge in [-0.25, -0.2) is 18.9 Å². The Kier molecular flexibility index (Phi) is 6.13. The van der Waals surface area contributed by atoms with Gasteiger partial charge in [0.1, 0.15) is 33.7 Å². The van der Waals surface area contributed by atoms with Gasteiger partial charge in [0.2, 0.25) is 0 Å². The van der Waals surface area contributed by atoms with Crippen LogP contribution >= 0.6 is 11.3 Å². The fraction of sp³-hybridized carbons (Fsp3) is 0.227. The molecule has 4 rings (SSSR count). The fourth-order valence-electron chi connectivity index (χ4n) is 3.04. The maximum Gasteiger partial charge on any atom is 0.350 e. The zero-order valence-corrected chi connectivity index (χ0v) is 17.9. The molecule has 0 aliphatic rings. The summed E-state index contributed by atoms with van der Waals surface area (Å²) < 4.78 is 20.6. The molecule has 0 unspecified atom stereocenters. The van der Waals surface area contributed by atoms with Crippen molar-refractivity contribution in [3.63, 3.8) is 0 Å². The first kappa shape index (κ1) is 20.8. The van der Waals surface area contributed by atoms with Crippen molar-refractivity contribution in [1.29, 1.82) is 0 Å². The molecule has 4 aromatic rings. The summed E-state index contributed by atoms with van der Waals surface area (Å²) in [6, 6.07) is 10.1. The molecule has 0 N–H and O–H groups in total. The van der Waals surface area contributed by atoms with Crippen LogP contribution in [0.25, 0.3) is 16.3 Å². The van der Waals surface area contributed by atoms with Crippen LogP contribution < -0.4 is 0 Å². The molecule has 158 valence electrons. The number of aryl methyl sites for hydroxylation is 2. The lowest BCUT2D eigenvalue weighted by atomic mass is 10.2. The van der Waals surface area contributed by atoms with Crippen LogP contribution in [-0.2, 0) is 17.8 Å². The third kappa shape index (κ3) is 4.66. The van der Waals surface area contributed by atoms with E-state index in [9.17, 15) is 9.18 Å². The SMILES string of the molecule is CCCc1cc(-c2nc(C)c(C(=O)OCc3cn(-c4ccccc4F)nn3)s2)ccn1. The van der Waals surface area contributed by atoms with Crippen LogP contribution in [-0.4, -0.2) is 30.9 Å². The molecule has 0 fully saturated rings. The molecule has 0 atom stereocenters. The molecule has 9 heteroatoms. The van der Waals surface area contributed by atoms with E-state index in [2.05, 4.69) is 27.2 Å². The Balaban J connectivity index is 1.45. The standard InChI is InChI=1S/C22H20FN5O2S/c1-3-6-16-11-15(9-10-24-16)21-25-14(2)20(31-21)22(29)30-13-17-12-28(27-26-17)19-8-5-4-7-18(19)23/h4-5,7-12H,3,6,13H2,1-2H3. The zero-order chi connectivity index (χ0) is 21.8. The summed E-state index contributed by atoms with van der Waals surface area (Å²) in [5.41, 5.74) is 3.22. The van der Waals surface area contributed by atoms with Crippen LogP contribution in [0.15, 0.2) is 48.8 Å². The van der Waals surface area contributed by atoms with Crippen LogP contribution in [0.2, 0.25) is 0 Å². The number of pyridine rings is 1. The number of rotatable bonds is 7. The van der Waals surface area contributed by atoms with Gasteiger partial charge in [-0.2, -0.15) is 0 Å². The zero-order valence-electron chi connectivity index (χ0n) is 17.1. The van der Waals surface area contributed by atoms with Gasteiger partial charge < -0.3 is 4.74 Å². The largest absolute Gasteiger partial charge is 0.455 e. The summed E-state index contributed by atoms with van der Waals surface area (Å²) in [6.07, 6.45) is 5.18. The number of carbonyl (C=O) groups excluding carboxylic acids is 1. The first-order chi connectivity index (χ1) is 15.0. The maximum atomic E-state index is 13.9. The van der Waals surface area contributed by atoms with Crippen molar-refractivity contribution < 1.29 is 13.9 Å². The Morgan fingerprint density at radius 3 is 2.87 bits per heavy atom. The van der Waals surface area contributed by atoms with Crippen LogP contribution in [0.1, 0.15) is 40.1 Å². The number of hydrogen-bond donors (Lipinski definition) is 0. The van der Waals surface area contributed by atoms with Crippen LogP contribution in [0.3, 0.4) is 0 Å². The average Bonchev–Trinajstić information content (AvgIpc) is 3.40. The molecule has 0 bridgehead atoms. The van der Waals surface area contributed by atoms with E-state index in [0.29, 0.717) is 16.3 Å². The molecule has 0 radical (unpaired) electrons. The molecule has 1 aromatic carbocycles. The number of benzene rings is 1. The van der Waals surface area contributed by atoms with Crippen molar-refractivity contribution in [3.8, 4) is 16.3 Å². The van der Waals surface area contributed by atoms with Gasteiger partial charge >= 0.3 is 5.97 Å². The molecule has 31 heavy (non-hydrogen) atoms. The number of nitrogens with zero attached hydrogens (tertiary/aromatic N) is 5.